The molecule has 0 saturated carbocycles. The standard InChI is InChI=1S/C20H24N4/c1-15-8-7-9-16(2)24(15)23-20-14-21-17(3)22-19(20)13-12-18-10-5-4-6-11-18/h4-6,10-11,14-16,23H,7-9H2,1-3H3/t15-,16+. The molecule has 2 heterocycles. The van der Waals surface area contributed by atoms with Crippen LogP contribution in [-0.4, -0.2) is 27.1 Å². The normalized spacial score (nSPS) is 21.0. The Morgan fingerprint density at radius 2 is 1.79 bits per heavy atom. The number of benzene rings is 1. The van der Waals surface area contributed by atoms with Crippen molar-refractivity contribution < 1.29 is 0 Å². The topological polar surface area (TPSA) is 41.1 Å². The fourth-order valence-electron chi connectivity index (χ4n) is 3.08. The first-order chi connectivity index (χ1) is 11.6. The number of aromatic nitrogens is 2. The van der Waals surface area contributed by atoms with Gasteiger partial charge in [-0.15, -0.1) is 0 Å². The van der Waals surface area contributed by atoms with Crippen molar-refractivity contribution in [2.45, 2.75) is 52.1 Å². The Kier molecular flexibility index (Phi) is 5.12. The molecule has 124 valence electrons. The molecule has 1 aliphatic rings. The second-order valence-electron chi connectivity index (χ2n) is 6.44. The zero-order chi connectivity index (χ0) is 16.9. The van der Waals surface area contributed by atoms with Crippen LogP contribution in [-0.2, 0) is 0 Å². The van der Waals surface area contributed by atoms with E-state index in [0.29, 0.717) is 12.1 Å². The number of hydrogen-bond acceptors (Lipinski definition) is 4. The highest BCUT2D eigenvalue weighted by atomic mass is 15.5. The highest BCUT2D eigenvalue weighted by Gasteiger charge is 2.25. The number of nitrogens with zero attached hydrogens (tertiary/aromatic N) is 3. The molecule has 4 heteroatoms. The maximum absolute atomic E-state index is 4.53. The molecule has 0 unspecified atom stereocenters. The van der Waals surface area contributed by atoms with E-state index < -0.39 is 0 Å². The van der Waals surface area contributed by atoms with Gasteiger partial charge in [0.05, 0.1) is 6.20 Å². The van der Waals surface area contributed by atoms with Crippen molar-refractivity contribution in [1.29, 1.82) is 0 Å². The summed E-state index contributed by atoms with van der Waals surface area (Å²) in [5, 5.41) is 2.31. The summed E-state index contributed by atoms with van der Waals surface area (Å²) in [7, 11) is 0. The van der Waals surface area contributed by atoms with E-state index in [-0.39, 0.29) is 0 Å². The lowest BCUT2D eigenvalue weighted by Gasteiger charge is -2.39. The molecular formula is C20H24N4. The Morgan fingerprint density at radius 3 is 2.50 bits per heavy atom. The van der Waals surface area contributed by atoms with Gasteiger partial charge in [0.25, 0.3) is 0 Å². The number of piperidine rings is 1. The summed E-state index contributed by atoms with van der Waals surface area (Å²) in [5.41, 5.74) is 6.13. The van der Waals surface area contributed by atoms with Crippen LogP contribution in [0.5, 0.6) is 0 Å². The summed E-state index contributed by atoms with van der Waals surface area (Å²) in [6, 6.07) is 11.0. The molecule has 1 aromatic carbocycles. The minimum absolute atomic E-state index is 0.491. The first kappa shape index (κ1) is 16.5. The molecule has 0 aliphatic carbocycles. The quantitative estimate of drug-likeness (QED) is 0.855. The van der Waals surface area contributed by atoms with Crippen LogP contribution in [0.3, 0.4) is 0 Å². The molecule has 0 bridgehead atoms. The van der Waals surface area contributed by atoms with Crippen molar-refractivity contribution in [3.8, 4) is 11.8 Å². The van der Waals surface area contributed by atoms with Gasteiger partial charge in [0.2, 0.25) is 0 Å². The van der Waals surface area contributed by atoms with E-state index in [4.69, 9.17) is 0 Å². The first-order valence-corrected chi connectivity index (χ1v) is 8.59. The van der Waals surface area contributed by atoms with Crippen LogP contribution in [0.4, 0.5) is 5.69 Å². The lowest BCUT2D eigenvalue weighted by molar-refractivity contribution is 0.135. The van der Waals surface area contributed by atoms with E-state index in [9.17, 15) is 0 Å². The van der Waals surface area contributed by atoms with Gasteiger partial charge in [-0.1, -0.05) is 30.5 Å². The highest BCUT2D eigenvalue weighted by Crippen LogP contribution is 2.24. The molecule has 4 nitrogen and oxygen atoms in total. The molecule has 1 aliphatic heterocycles. The molecule has 0 spiro atoms. The third-order valence-corrected chi connectivity index (χ3v) is 4.45. The predicted octanol–water partition coefficient (Wildman–Crippen LogP) is 3.77. The highest BCUT2D eigenvalue weighted by molar-refractivity contribution is 5.55. The third-order valence-electron chi connectivity index (χ3n) is 4.45. The Morgan fingerprint density at radius 1 is 1.08 bits per heavy atom. The molecular weight excluding hydrogens is 296 g/mol. The molecule has 2 aromatic rings. The minimum atomic E-state index is 0.491. The molecule has 2 atom stereocenters. The first-order valence-electron chi connectivity index (χ1n) is 8.59. The summed E-state index contributed by atoms with van der Waals surface area (Å²) >= 11 is 0. The number of rotatable bonds is 2. The van der Waals surface area contributed by atoms with Crippen LogP contribution in [0.25, 0.3) is 0 Å². The Hall–Kier alpha value is -2.38. The summed E-state index contributed by atoms with van der Waals surface area (Å²) in [6.07, 6.45) is 5.53. The SMILES string of the molecule is Cc1ncc(NN2[C@H](C)CCC[C@@H]2C)c(C#Cc2ccccc2)n1. The van der Waals surface area contributed by atoms with E-state index in [2.05, 4.69) is 46.1 Å². The van der Waals surface area contributed by atoms with Crippen molar-refractivity contribution >= 4 is 5.69 Å². The van der Waals surface area contributed by atoms with Crippen LogP contribution in [0.1, 0.15) is 50.2 Å². The predicted molar refractivity (Wildman–Crippen MR) is 97.4 cm³/mol. The number of aryl methyl sites for hydroxylation is 1. The van der Waals surface area contributed by atoms with Crippen molar-refractivity contribution in [3.05, 3.63) is 53.6 Å². The van der Waals surface area contributed by atoms with E-state index in [1.165, 1.54) is 19.3 Å². The molecule has 1 aromatic heterocycles. The minimum Gasteiger partial charge on any atom is -0.314 e. The average molecular weight is 320 g/mol. The molecule has 0 radical (unpaired) electrons. The van der Waals surface area contributed by atoms with Crippen LogP contribution < -0.4 is 5.43 Å². The maximum Gasteiger partial charge on any atom is 0.141 e. The van der Waals surface area contributed by atoms with Crippen molar-refractivity contribution in [2.24, 2.45) is 0 Å². The van der Waals surface area contributed by atoms with Crippen molar-refractivity contribution in [2.75, 3.05) is 5.43 Å². The van der Waals surface area contributed by atoms with E-state index in [1.807, 2.05) is 43.5 Å². The smallest absolute Gasteiger partial charge is 0.141 e. The van der Waals surface area contributed by atoms with Crippen LogP contribution in [0.2, 0.25) is 0 Å². The van der Waals surface area contributed by atoms with Gasteiger partial charge in [0.15, 0.2) is 0 Å². The molecule has 1 N–H and O–H groups in total. The summed E-state index contributed by atoms with van der Waals surface area (Å²) < 4.78 is 0. The molecule has 1 saturated heterocycles. The Bertz CT molecular complexity index is 735. The number of anilines is 1. The molecule has 3 rings (SSSR count). The molecule has 0 amide bonds. The maximum atomic E-state index is 4.53. The molecule has 24 heavy (non-hydrogen) atoms. The molecule has 1 fully saturated rings. The largest absolute Gasteiger partial charge is 0.314 e. The zero-order valence-electron chi connectivity index (χ0n) is 14.6. The van der Waals surface area contributed by atoms with Gasteiger partial charge in [-0.3, -0.25) is 0 Å². The second kappa shape index (κ2) is 7.46. The van der Waals surface area contributed by atoms with Gasteiger partial charge in [0, 0.05) is 17.6 Å². The third kappa shape index (κ3) is 3.93. The number of nitrogens with one attached hydrogen (secondary N) is 1. The average Bonchev–Trinajstić information content (AvgIpc) is 2.59. The monoisotopic (exact) mass is 320 g/mol. The Labute approximate surface area is 144 Å². The van der Waals surface area contributed by atoms with E-state index in [1.54, 1.807) is 0 Å². The van der Waals surface area contributed by atoms with Crippen LogP contribution in [0.15, 0.2) is 36.5 Å². The lowest BCUT2D eigenvalue weighted by Crippen LogP contribution is -2.47. The summed E-state index contributed by atoms with van der Waals surface area (Å²) in [6.45, 7) is 6.41. The summed E-state index contributed by atoms with van der Waals surface area (Å²) in [4.78, 5) is 8.87. The van der Waals surface area contributed by atoms with E-state index >= 15 is 0 Å². The van der Waals surface area contributed by atoms with Gasteiger partial charge in [-0.2, -0.15) is 0 Å². The van der Waals surface area contributed by atoms with Gasteiger partial charge >= 0.3 is 0 Å². The van der Waals surface area contributed by atoms with Crippen LogP contribution >= 0.6 is 0 Å². The Balaban J connectivity index is 1.87. The van der Waals surface area contributed by atoms with Crippen molar-refractivity contribution in [3.63, 3.8) is 0 Å². The van der Waals surface area contributed by atoms with Gasteiger partial charge in [0.1, 0.15) is 17.2 Å². The number of hydrazine groups is 1. The van der Waals surface area contributed by atoms with Gasteiger partial charge < -0.3 is 5.43 Å². The number of hydrogen-bond donors (Lipinski definition) is 1. The zero-order valence-corrected chi connectivity index (χ0v) is 14.6. The fraction of sp³-hybridized carbons (Fsp3) is 0.400. The lowest BCUT2D eigenvalue weighted by atomic mass is 10.00. The summed E-state index contributed by atoms with van der Waals surface area (Å²) in [5.74, 6) is 7.12. The second-order valence-corrected chi connectivity index (χ2v) is 6.44. The van der Waals surface area contributed by atoms with Crippen molar-refractivity contribution in [1.82, 2.24) is 15.0 Å². The van der Waals surface area contributed by atoms with Crippen LogP contribution in [0, 0.1) is 18.8 Å². The van der Waals surface area contributed by atoms with Gasteiger partial charge in [-0.05, 0) is 51.7 Å². The van der Waals surface area contributed by atoms with Gasteiger partial charge in [-0.25, -0.2) is 15.0 Å². The van der Waals surface area contributed by atoms with E-state index in [0.717, 1.165) is 22.8 Å². The fourth-order valence-corrected chi connectivity index (χ4v) is 3.08.